The summed E-state index contributed by atoms with van der Waals surface area (Å²) in [7, 11) is 0. The minimum atomic E-state index is 0.0760. The van der Waals surface area contributed by atoms with E-state index >= 15 is 0 Å². The molecule has 0 fully saturated rings. The Morgan fingerprint density at radius 2 is 0.684 bits per heavy atom. The van der Waals surface area contributed by atoms with Gasteiger partial charge in [0.15, 0.2) is 0 Å². The van der Waals surface area contributed by atoms with Gasteiger partial charge in [-0.3, -0.25) is 0 Å². The fourth-order valence-electron chi connectivity index (χ4n) is 8.19. The van der Waals surface area contributed by atoms with Crippen LogP contribution in [0, 0.1) is 0 Å². The van der Waals surface area contributed by atoms with Crippen LogP contribution in [0.4, 0.5) is 0 Å². The van der Waals surface area contributed by atoms with Gasteiger partial charge >= 0.3 is 0 Å². The Labute approximate surface area is 342 Å². The minimum Gasteiger partial charge on any atom is -0.135 e. The van der Waals surface area contributed by atoms with Crippen molar-refractivity contribution in [2.75, 3.05) is 0 Å². The van der Waals surface area contributed by atoms with Crippen molar-refractivity contribution in [3.8, 4) is 44.5 Å². The van der Waals surface area contributed by atoms with Crippen LogP contribution in [0.5, 0.6) is 0 Å². The summed E-state index contributed by atoms with van der Waals surface area (Å²) < 4.78 is 2.66. The predicted octanol–water partition coefficient (Wildman–Crippen LogP) is 16.9. The number of hydrogen-bond donors (Lipinski definition) is 0. The summed E-state index contributed by atoms with van der Waals surface area (Å²) in [5.74, 6) is 0. The number of benzene rings is 8. The van der Waals surface area contributed by atoms with Crippen LogP contribution in [-0.4, -0.2) is 0 Å². The van der Waals surface area contributed by atoms with E-state index in [1.807, 2.05) is 11.3 Å². The molecule has 0 aliphatic carbocycles. The minimum absolute atomic E-state index is 0.0760. The zero-order chi connectivity index (χ0) is 39.9. The first-order valence-electron chi connectivity index (χ1n) is 20.4. The van der Waals surface area contributed by atoms with Crippen LogP contribution in [0.25, 0.3) is 86.2 Å². The van der Waals surface area contributed by atoms with Crippen LogP contribution in [0.15, 0.2) is 152 Å². The SMILES string of the molecule is CC(C)(C)c1ccc(-c2ccc3sc4ccc(-c5ccc6cc7cc(-c8cccc(-c9cc(C(C)(C)C)cc(C(C)(C)C)c9)c8)ccc7cc6c5)cc4c3c2)cc1. The van der Waals surface area contributed by atoms with Gasteiger partial charge < -0.3 is 0 Å². The van der Waals surface area contributed by atoms with E-state index in [1.165, 1.54) is 103 Å². The highest BCUT2D eigenvalue weighted by Gasteiger charge is 2.21. The molecule has 0 aliphatic heterocycles. The van der Waals surface area contributed by atoms with Crippen molar-refractivity contribution in [1.82, 2.24) is 0 Å². The summed E-state index contributed by atoms with van der Waals surface area (Å²) in [6.45, 7) is 20.7. The third-order valence-electron chi connectivity index (χ3n) is 11.9. The predicted molar refractivity (Wildman–Crippen MR) is 252 cm³/mol. The van der Waals surface area contributed by atoms with Crippen LogP contribution >= 0.6 is 11.3 Å². The molecule has 0 spiro atoms. The van der Waals surface area contributed by atoms with Crippen molar-refractivity contribution in [3.05, 3.63) is 168 Å². The lowest BCUT2D eigenvalue weighted by Gasteiger charge is -2.26. The van der Waals surface area contributed by atoms with Crippen molar-refractivity contribution < 1.29 is 0 Å². The maximum Gasteiger partial charge on any atom is 0.0355 e. The van der Waals surface area contributed by atoms with E-state index in [-0.39, 0.29) is 16.2 Å². The van der Waals surface area contributed by atoms with E-state index in [0.29, 0.717) is 0 Å². The van der Waals surface area contributed by atoms with E-state index in [2.05, 4.69) is 214 Å². The van der Waals surface area contributed by atoms with Crippen molar-refractivity contribution >= 4 is 53.1 Å². The Morgan fingerprint density at radius 1 is 0.281 bits per heavy atom. The van der Waals surface area contributed by atoms with Crippen LogP contribution in [0.3, 0.4) is 0 Å². The Kier molecular flexibility index (Phi) is 8.83. The van der Waals surface area contributed by atoms with Crippen LogP contribution < -0.4 is 0 Å². The molecule has 57 heavy (non-hydrogen) atoms. The molecule has 0 amide bonds. The fourth-order valence-corrected chi connectivity index (χ4v) is 9.26. The van der Waals surface area contributed by atoms with Gasteiger partial charge in [0.2, 0.25) is 0 Å². The highest BCUT2D eigenvalue weighted by Crippen LogP contribution is 2.40. The van der Waals surface area contributed by atoms with Gasteiger partial charge in [0.25, 0.3) is 0 Å². The zero-order valence-electron chi connectivity index (χ0n) is 34.8. The lowest BCUT2D eigenvalue weighted by atomic mass is 9.79. The monoisotopic (exact) mass is 756 g/mol. The van der Waals surface area contributed by atoms with Crippen LogP contribution in [0.1, 0.15) is 79.0 Å². The van der Waals surface area contributed by atoms with Gasteiger partial charge in [0.05, 0.1) is 0 Å². The molecule has 1 heteroatoms. The third kappa shape index (κ3) is 7.19. The van der Waals surface area contributed by atoms with Crippen molar-refractivity contribution in [2.24, 2.45) is 0 Å². The molecule has 1 aromatic heterocycles. The van der Waals surface area contributed by atoms with E-state index in [4.69, 9.17) is 0 Å². The number of thiophene rings is 1. The molecule has 0 unspecified atom stereocenters. The third-order valence-corrected chi connectivity index (χ3v) is 13.0. The fraction of sp³-hybridized carbons (Fsp3) is 0.214. The van der Waals surface area contributed by atoms with E-state index in [0.717, 1.165) is 0 Å². The molecule has 0 bridgehead atoms. The van der Waals surface area contributed by atoms with Gasteiger partial charge in [0, 0.05) is 20.2 Å². The largest absolute Gasteiger partial charge is 0.135 e. The van der Waals surface area contributed by atoms with Crippen LogP contribution in [0.2, 0.25) is 0 Å². The molecule has 9 rings (SSSR count). The molecule has 0 saturated heterocycles. The van der Waals surface area contributed by atoms with Gasteiger partial charge in [-0.05, 0) is 154 Å². The molecule has 0 saturated carbocycles. The average Bonchev–Trinajstić information content (AvgIpc) is 3.56. The Hall–Kier alpha value is -5.50. The summed E-state index contributed by atoms with van der Waals surface area (Å²) in [4.78, 5) is 0. The van der Waals surface area contributed by atoms with Crippen molar-refractivity contribution in [2.45, 2.75) is 78.6 Å². The summed E-state index contributed by atoms with van der Waals surface area (Å²) in [5, 5.41) is 7.70. The molecule has 0 aliphatic rings. The highest BCUT2D eigenvalue weighted by molar-refractivity contribution is 7.25. The molecule has 1 heterocycles. The Balaban J connectivity index is 1.04. The maximum atomic E-state index is 2.40. The molecule has 9 aromatic rings. The number of hydrogen-bond acceptors (Lipinski definition) is 1. The van der Waals surface area contributed by atoms with E-state index < -0.39 is 0 Å². The van der Waals surface area contributed by atoms with Gasteiger partial charge in [-0.2, -0.15) is 0 Å². The molecule has 282 valence electrons. The molecular formula is C56H52S. The quantitative estimate of drug-likeness (QED) is 0.157. The normalized spacial score (nSPS) is 12.6. The average molecular weight is 757 g/mol. The second-order valence-electron chi connectivity index (χ2n) is 19.2. The summed E-state index contributed by atoms with van der Waals surface area (Å²) in [6, 6.07) is 57.9. The Morgan fingerprint density at radius 3 is 1.18 bits per heavy atom. The maximum absolute atomic E-state index is 2.40. The molecule has 0 radical (unpaired) electrons. The van der Waals surface area contributed by atoms with Gasteiger partial charge in [-0.15, -0.1) is 11.3 Å². The smallest absolute Gasteiger partial charge is 0.0355 e. The molecule has 0 nitrogen and oxygen atoms in total. The second-order valence-corrected chi connectivity index (χ2v) is 20.3. The molecule has 0 N–H and O–H groups in total. The number of fused-ring (bicyclic) bond motifs is 5. The molecule has 8 aromatic carbocycles. The second kappa shape index (κ2) is 13.6. The Bertz CT molecular complexity index is 2950. The van der Waals surface area contributed by atoms with E-state index in [9.17, 15) is 0 Å². The van der Waals surface area contributed by atoms with Gasteiger partial charge in [-0.25, -0.2) is 0 Å². The lowest BCUT2D eigenvalue weighted by Crippen LogP contribution is -2.16. The standard InChI is InChI=1S/C56H52S/c1-54(2,3)47-21-17-35(18-22-47)42-19-23-52-50(32-42)51-33-43(20-24-53(51)57-52)39-14-16-41-28-44-26-38(13-15-40(44)29-45(41)27-39)36-11-10-12-37(25-36)46-30-48(55(4,5)6)34-49(31-46)56(7,8)9/h10-34H,1-9H3. The first-order chi connectivity index (χ1) is 27.1. The first-order valence-corrected chi connectivity index (χ1v) is 21.2. The highest BCUT2D eigenvalue weighted by atomic mass is 32.1. The topological polar surface area (TPSA) is 0 Å². The molecule has 0 atom stereocenters. The van der Waals surface area contributed by atoms with Gasteiger partial charge in [0.1, 0.15) is 0 Å². The summed E-state index contributed by atoms with van der Waals surface area (Å²) in [6.07, 6.45) is 0. The first kappa shape index (κ1) is 37.1. The van der Waals surface area contributed by atoms with Crippen molar-refractivity contribution in [3.63, 3.8) is 0 Å². The summed E-state index contributed by atoms with van der Waals surface area (Å²) >= 11 is 1.88. The number of rotatable bonds is 4. The zero-order valence-corrected chi connectivity index (χ0v) is 35.7. The van der Waals surface area contributed by atoms with Gasteiger partial charge in [-0.1, -0.05) is 159 Å². The van der Waals surface area contributed by atoms with E-state index in [1.54, 1.807) is 0 Å². The van der Waals surface area contributed by atoms with Crippen molar-refractivity contribution in [1.29, 1.82) is 0 Å². The lowest BCUT2D eigenvalue weighted by molar-refractivity contribution is 0.569. The summed E-state index contributed by atoms with van der Waals surface area (Å²) in [5.41, 5.74) is 14.5. The molecular weight excluding hydrogens is 705 g/mol. The van der Waals surface area contributed by atoms with Crippen LogP contribution in [-0.2, 0) is 16.2 Å².